The van der Waals surface area contributed by atoms with Gasteiger partial charge in [-0.05, 0) is 62.8 Å². The molecule has 4 rings (SSSR count). The minimum absolute atomic E-state index is 0.185. The van der Waals surface area contributed by atoms with Crippen LogP contribution in [0, 0.1) is 23.2 Å². The number of hydrogen-bond acceptors (Lipinski definition) is 4. The lowest BCUT2D eigenvalue weighted by Gasteiger charge is -2.34. The number of carbonyl (C=O) groups excluding carboxylic acids is 1. The summed E-state index contributed by atoms with van der Waals surface area (Å²) in [7, 11) is 1.94. The fourth-order valence-electron chi connectivity index (χ4n) is 5.34. The maximum absolute atomic E-state index is 11.6. The van der Waals surface area contributed by atoms with Crippen LogP contribution in [0.15, 0.2) is 18.2 Å². The Kier molecular flexibility index (Phi) is 5.59. The van der Waals surface area contributed by atoms with Crippen LogP contribution in [0.25, 0.3) is 0 Å². The molecule has 2 fully saturated rings. The summed E-state index contributed by atoms with van der Waals surface area (Å²) in [5.74, 6) is 2.98. The van der Waals surface area contributed by atoms with E-state index in [-0.39, 0.29) is 5.91 Å². The first-order valence-electron chi connectivity index (χ1n) is 10.7. The fraction of sp³-hybridized carbons (Fsp3) is 0.652. The van der Waals surface area contributed by atoms with Crippen LogP contribution in [0.5, 0.6) is 5.75 Å². The summed E-state index contributed by atoms with van der Waals surface area (Å²) in [5, 5.41) is 9.22. The van der Waals surface area contributed by atoms with Crippen LogP contribution >= 0.6 is 0 Å². The van der Waals surface area contributed by atoms with Crippen molar-refractivity contribution in [3.8, 4) is 11.8 Å². The molecule has 1 aliphatic carbocycles. The number of carbonyl (C=O) groups is 1. The van der Waals surface area contributed by atoms with E-state index >= 15 is 0 Å². The third-order valence-corrected chi connectivity index (χ3v) is 7.22. The molecule has 1 aromatic rings. The van der Waals surface area contributed by atoms with Gasteiger partial charge in [-0.15, -0.1) is 0 Å². The monoisotopic (exact) mass is 381 g/mol. The Morgan fingerprint density at radius 3 is 2.79 bits per heavy atom. The van der Waals surface area contributed by atoms with E-state index in [9.17, 15) is 10.1 Å². The van der Waals surface area contributed by atoms with Crippen molar-refractivity contribution in [2.75, 3.05) is 33.3 Å². The Hall–Kier alpha value is -2.06. The molecule has 5 nitrogen and oxygen atoms in total. The number of benzene rings is 1. The van der Waals surface area contributed by atoms with Crippen molar-refractivity contribution in [2.45, 2.75) is 51.0 Å². The summed E-state index contributed by atoms with van der Waals surface area (Å²) in [4.78, 5) is 16.1. The van der Waals surface area contributed by atoms with E-state index in [1.54, 1.807) is 6.92 Å². The fourth-order valence-corrected chi connectivity index (χ4v) is 5.34. The average Bonchev–Trinajstić information content (AvgIpc) is 3.15. The van der Waals surface area contributed by atoms with Crippen LogP contribution < -0.4 is 4.74 Å². The molecular weight excluding hydrogens is 350 g/mol. The summed E-state index contributed by atoms with van der Waals surface area (Å²) in [5.41, 5.74) is 1.96. The highest BCUT2D eigenvalue weighted by Crippen LogP contribution is 2.42. The van der Waals surface area contributed by atoms with Crippen molar-refractivity contribution in [1.29, 1.82) is 5.26 Å². The number of fused-ring (bicyclic) bond motifs is 3. The van der Waals surface area contributed by atoms with Gasteiger partial charge in [0.2, 0.25) is 5.91 Å². The molecule has 0 spiro atoms. The second-order valence-corrected chi connectivity index (χ2v) is 8.89. The number of nitrogens with zero attached hydrogens (tertiary/aromatic N) is 3. The highest BCUT2D eigenvalue weighted by molar-refractivity contribution is 5.73. The van der Waals surface area contributed by atoms with E-state index in [0.717, 1.165) is 56.3 Å². The van der Waals surface area contributed by atoms with Crippen molar-refractivity contribution >= 4 is 5.91 Å². The molecule has 150 valence electrons. The standard InChI is InChI=1S/C23H31N3O2/c1-16(27)25(2)20-6-3-17(4-7-20)9-10-26-13-19-15-28-23-8-5-18(12-24)11-21(23)22(19)14-26/h5,8,11,17,19-20,22H,3-4,6-7,9-10,13-15H2,1-2H3/t17-,19-,20-,22+/m0/s1. The molecule has 0 radical (unpaired) electrons. The van der Waals surface area contributed by atoms with Gasteiger partial charge in [0.1, 0.15) is 5.75 Å². The minimum Gasteiger partial charge on any atom is -0.493 e. The molecule has 0 aromatic heterocycles. The minimum atomic E-state index is 0.185. The molecular formula is C23H31N3O2. The molecule has 5 heteroatoms. The van der Waals surface area contributed by atoms with Crippen LogP contribution in [0.2, 0.25) is 0 Å². The third-order valence-electron chi connectivity index (χ3n) is 7.22. The zero-order valence-electron chi connectivity index (χ0n) is 17.1. The SMILES string of the molecule is CC(=O)N(C)[C@H]1CC[C@H](CCN2C[C@H]3COc4ccc(C#N)cc4[C@@H]3C2)CC1. The summed E-state index contributed by atoms with van der Waals surface area (Å²) in [6.45, 7) is 5.79. The predicted molar refractivity (Wildman–Crippen MR) is 108 cm³/mol. The highest BCUT2D eigenvalue weighted by Gasteiger charge is 2.39. The van der Waals surface area contributed by atoms with E-state index in [2.05, 4.69) is 11.0 Å². The van der Waals surface area contributed by atoms with Gasteiger partial charge in [-0.2, -0.15) is 5.26 Å². The third kappa shape index (κ3) is 3.89. The number of ether oxygens (including phenoxy) is 1. The Morgan fingerprint density at radius 2 is 2.07 bits per heavy atom. The lowest BCUT2D eigenvalue weighted by Crippen LogP contribution is -2.38. The Labute approximate surface area is 168 Å². The molecule has 2 atom stereocenters. The number of amides is 1. The van der Waals surface area contributed by atoms with E-state index < -0.39 is 0 Å². The predicted octanol–water partition coefficient (Wildman–Crippen LogP) is 3.39. The van der Waals surface area contributed by atoms with Crippen molar-refractivity contribution in [1.82, 2.24) is 9.80 Å². The van der Waals surface area contributed by atoms with E-state index in [0.29, 0.717) is 17.9 Å². The van der Waals surface area contributed by atoms with Gasteiger partial charge in [-0.25, -0.2) is 0 Å². The van der Waals surface area contributed by atoms with E-state index in [1.165, 1.54) is 24.8 Å². The van der Waals surface area contributed by atoms with Crippen LogP contribution in [-0.4, -0.2) is 55.0 Å². The normalized spacial score (nSPS) is 29.3. The number of nitriles is 1. The van der Waals surface area contributed by atoms with Crippen molar-refractivity contribution in [2.24, 2.45) is 11.8 Å². The van der Waals surface area contributed by atoms with Crippen molar-refractivity contribution in [3.63, 3.8) is 0 Å². The first kappa shape index (κ1) is 19.3. The van der Waals surface area contributed by atoms with Gasteiger partial charge in [0.05, 0.1) is 18.2 Å². The Morgan fingerprint density at radius 1 is 1.29 bits per heavy atom. The number of rotatable bonds is 4. The summed E-state index contributed by atoms with van der Waals surface area (Å²) < 4.78 is 5.96. The van der Waals surface area contributed by atoms with Crippen molar-refractivity contribution < 1.29 is 9.53 Å². The molecule has 1 amide bonds. The highest BCUT2D eigenvalue weighted by atomic mass is 16.5. The summed E-state index contributed by atoms with van der Waals surface area (Å²) in [6, 6.07) is 8.54. The quantitative estimate of drug-likeness (QED) is 0.802. The molecule has 3 aliphatic rings. The first-order valence-corrected chi connectivity index (χ1v) is 10.7. The molecule has 1 saturated carbocycles. The van der Waals surface area contributed by atoms with Crippen LogP contribution in [0.3, 0.4) is 0 Å². The Balaban J connectivity index is 1.29. The Bertz CT molecular complexity index is 764. The average molecular weight is 382 g/mol. The van der Waals surface area contributed by atoms with Gasteiger partial charge in [0.25, 0.3) is 0 Å². The van der Waals surface area contributed by atoms with Crippen LogP contribution in [0.4, 0.5) is 0 Å². The molecule has 28 heavy (non-hydrogen) atoms. The van der Waals surface area contributed by atoms with Gasteiger partial charge >= 0.3 is 0 Å². The lowest BCUT2D eigenvalue weighted by atomic mass is 9.83. The first-order chi connectivity index (χ1) is 13.5. The van der Waals surface area contributed by atoms with Gasteiger partial charge in [0, 0.05) is 50.5 Å². The lowest BCUT2D eigenvalue weighted by molar-refractivity contribution is -0.130. The smallest absolute Gasteiger partial charge is 0.219 e. The van der Waals surface area contributed by atoms with Gasteiger partial charge in [-0.3, -0.25) is 4.79 Å². The molecule has 1 saturated heterocycles. The molecule has 2 heterocycles. The van der Waals surface area contributed by atoms with E-state index in [1.807, 2.05) is 30.1 Å². The second kappa shape index (κ2) is 8.13. The molecule has 0 unspecified atom stereocenters. The number of likely N-dealkylation sites (tertiary alicyclic amines) is 1. The molecule has 2 aliphatic heterocycles. The summed E-state index contributed by atoms with van der Waals surface area (Å²) in [6.07, 6.45) is 6.01. The largest absolute Gasteiger partial charge is 0.493 e. The van der Waals surface area contributed by atoms with E-state index in [4.69, 9.17) is 4.74 Å². The van der Waals surface area contributed by atoms with Crippen LogP contribution in [0.1, 0.15) is 56.1 Å². The van der Waals surface area contributed by atoms with Gasteiger partial charge < -0.3 is 14.5 Å². The van der Waals surface area contributed by atoms with Gasteiger partial charge in [-0.1, -0.05) is 0 Å². The maximum atomic E-state index is 11.6. The molecule has 0 bridgehead atoms. The number of hydrogen-bond donors (Lipinski definition) is 0. The maximum Gasteiger partial charge on any atom is 0.219 e. The zero-order valence-corrected chi connectivity index (χ0v) is 17.1. The van der Waals surface area contributed by atoms with Crippen molar-refractivity contribution in [3.05, 3.63) is 29.3 Å². The van der Waals surface area contributed by atoms with Crippen LogP contribution in [-0.2, 0) is 4.79 Å². The zero-order chi connectivity index (χ0) is 19.7. The molecule has 1 aromatic carbocycles. The second-order valence-electron chi connectivity index (χ2n) is 8.89. The molecule has 0 N–H and O–H groups in total. The van der Waals surface area contributed by atoms with Gasteiger partial charge in [0.15, 0.2) is 0 Å². The topological polar surface area (TPSA) is 56.6 Å². The summed E-state index contributed by atoms with van der Waals surface area (Å²) >= 11 is 0.